The van der Waals surface area contributed by atoms with Crippen LogP contribution in [0.3, 0.4) is 0 Å². The molecule has 2 unspecified atom stereocenters. The molecule has 1 aromatic rings. The molecule has 0 spiro atoms. The molecule has 1 aromatic heterocycles. The van der Waals surface area contributed by atoms with E-state index < -0.39 is 0 Å². The van der Waals surface area contributed by atoms with Crippen LogP contribution in [-0.2, 0) is 4.79 Å². The summed E-state index contributed by atoms with van der Waals surface area (Å²) >= 11 is 5.04. The first-order valence-corrected chi connectivity index (χ1v) is 8.00. The molecule has 0 radical (unpaired) electrons. The quantitative estimate of drug-likeness (QED) is 0.827. The van der Waals surface area contributed by atoms with Gasteiger partial charge in [0.2, 0.25) is 5.91 Å². The summed E-state index contributed by atoms with van der Waals surface area (Å²) in [5.74, 6) is 0.630. The summed E-state index contributed by atoms with van der Waals surface area (Å²) in [5.41, 5.74) is 0. The first-order chi connectivity index (χ1) is 8.65. The van der Waals surface area contributed by atoms with Crippen LogP contribution in [-0.4, -0.2) is 11.9 Å². The lowest BCUT2D eigenvalue weighted by molar-refractivity contribution is -0.117. The van der Waals surface area contributed by atoms with E-state index in [0.717, 1.165) is 15.1 Å². The van der Waals surface area contributed by atoms with Gasteiger partial charge in [0, 0.05) is 17.0 Å². The molecule has 0 bridgehead atoms. The van der Waals surface area contributed by atoms with Gasteiger partial charge < -0.3 is 5.32 Å². The predicted molar refractivity (Wildman–Crippen MR) is 80.6 cm³/mol. The maximum absolute atomic E-state index is 11.8. The maximum atomic E-state index is 11.8. The van der Waals surface area contributed by atoms with E-state index in [9.17, 15) is 4.79 Å². The molecule has 1 aliphatic rings. The molecule has 98 valence electrons. The molecule has 1 saturated carbocycles. The van der Waals surface area contributed by atoms with Crippen molar-refractivity contribution in [1.29, 1.82) is 0 Å². The Kier molecular flexibility index (Phi) is 5.01. The van der Waals surface area contributed by atoms with E-state index in [4.69, 9.17) is 0 Å². The zero-order chi connectivity index (χ0) is 13.0. The standard InChI is InChI=1S/C14H18BrNOS/c1-10-4-2-3-5-12(10)16-14(17)9-7-11-6-8-13(15)18-11/h6-10,12H,2-5H2,1H3,(H,16,17). The van der Waals surface area contributed by atoms with Crippen LogP contribution in [0.1, 0.15) is 37.5 Å². The van der Waals surface area contributed by atoms with Crippen molar-refractivity contribution in [1.82, 2.24) is 5.32 Å². The van der Waals surface area contributed by atoms with Crippen molar-refractivity contribution in [3.63, 3.8) is 0 Å². The molecule has 1 heterocycles. The fraction of sp³-hybridized carbons (Fsp3) is 0.500. The van der Waals surface area contributed by atoms with E-state index >= 15 is 0 Å². The van der Waals surface area contributed by atoms with E-state index in [1.165, 1.54) is 19.3 Å². The van der Waals surface area contributed by atoms with Crippen LogP contribution >= 0.6 is 27.3 Å². The summed E-state index contributed by atoms with van der Waals surface area (Å²) in [6.45, 7) is 2.23. The van der Waals surface area contributed by atoms with Crippen molar-refractivity contribution < 1.29 is 4.79 Å². The Hall–Kier alpha value is -0.610. The molecule has 1 aliphatic carbocycles. The highest BCUT2D eigenvalue weighted by atomic mass is 79.9. The Morgan fingerprint density at radius 2 is 2.22 bits per heavy atom. The number of rotatable bonds is 3. The van der Waals surface area contributed by atoms with Gasteiger partial charge in [-0.05, 0) is 52.9 Å². The lowest BCUT2D eigenvalue weighted by atomic mass is 9.86. The number of hydrogen-bond donors (Lipinski definition) is 1. The molecule has 2 atom stereocenters. The molecular weight excluding hydrogens is 310 g/mol. The smallest absolute Gasteiger partial charge is 0.244 e. The van der Waals surface area contributed by atoms with Crippen LogP contribution in [0.4, 0.5) is 0 Å². The highest BCUT2D eigenvalue weighted by Crippen LogP contribution is 2.24. The van der Waals surface area contributed by atoms with Crippen molar-refractivity contribution >= 4 is 39.2 Å². The summed E-state index contributed by atoms with van der Waals surface area (Å²) in [6, 6.07) is 4.35. The second-order valence-corrected chi connectivity index (χ2v) is 7.35. The molecule has 2 rings (SSSR count). The SMILES string of the molecule is CC1CCCCC1NC(=O)C=Cc1ccc(Br)s1. The molecule has 4 heteroatoms. The summed E-state index contributed by atoms with van der Waals surface area (Å²) in [6.07, 6.45) is 8.39. The summed E-state index contributed by atoms with van der Waals surface area (Å²) in [7, 11) is 0. The van der Waals surface area contributed by atoms with Crippen molar-refractivity contribution in [2.45, 2.75) is 38.6 Å². The normalized spacial score (nSPS) is 24.3. The molecule has 1 N–H and O–H groups in total. The number of halogens is 1. The van der Waals surface area contributed by atoms with E-state index in [2.05, 4.69) is 28.2 Å². The van der Waals surface area contributed by atoms with Crippen molar-refractivity contribution in [2.75, 3.05) is 0 Å². The third-order valence-electron chi connectivity index (χ3n) is 3.43. The summed E-state index contributed by atoms with van der Waals surface area (Å²) in [4.78, 5) is 12.9. The van der Waals surface area contributed by atoms with Gasteiger partial charge >= 0.3 is 0 Å². The Bertz CT molecular complexity index is 441. The van der Waals surface area contributed by atoms with Gasteiger partial charge in [0.05, 0.1) is 3.79 Å². The van der Waals surface area contributed by atoms with Crippen molar-refractivity contribution in [2.24, 2.45) is 5.92 Å². The third-order valence-corrected chi connectivity index (χ3v) is 5.02. The van der Waals surface area contributed by atoms with Gasteiger partial charge in [-0.1, -0.05) is 19.8 Å². The average Bonchev–Trinajstić information content (AvgIpc) is 2.76. The van der Waals surface area contributed by atoms with Crippen molar-refractivity contribution in [3.05, 3.63) is 26.9 Å². The first-order valence-electron chi connectivity index (χ1n) is 6.39. The highest BCUT2D eigenvalue weighted by Gasteiger charge is 2.21. The second kappa shape index (κ2) is 6.53. The zero-order valence-electron chi connectivity index (χ0n) is 10.5. The number of thiophene rings is 1. The molecule has 0 aliphatic heterocycles. The first kappa shape index (κ1) is 13.8. The molecule has 0 aromatic carbocycles. The largest absolute Gasteiger partial charge is 0.350 e. The van der Waals surface area contributed by atoms with E-state index in [1.54, 1.807) is 17.4 Å². The molecule has 18 heavy (non-hydrogen) atoms. The van der Waals surface area contributed by atoms with Gasteiger partial charge in [-0.25, -0.2) is 0 Å². The minimum absolute atomic E-state index is 0.0262. The minimum atomic E-state index is 0.0262. The number of carbonyl (C=O) groups excluding carboxylic acids is 1. The Balaban J connectivity index is 1.86. The second-order valence-electron chi connectivity index (χ2n) is 4.85. The monoisotopic (exact) mass is 327 g/mol. The summed E-state index contributed by atoms with van der Waals surface area (Å²) in [5, 5.41) is 3.11. The van der Waals surface area contributed by atoms with Crippen LogP contribution in [0.5, 0.6) is 0 Å². The predicted octanol–water partition coefficient (Wildman–Crippen LogP) is 4.22. The van der Waals surface area contributed by atoms with Crippen LogP contribution in [0.2, 0.25) is 0 Å². The zero-order valence-corrected chi connectivity index (χ0v) is 12.9. The Morgan fingerprint density at radius 3 is 2.89 bits per heavy atom. The van der Waals surface area contributed by atoms with Gasteiger partial charge in [-0.15, -0.1) is 11.3 Å². The number of nitrogens with one attached hydrogen (secondary N) is 1. The molecular formula is C14H18BrNOS. The van der Waals surface area contributed by atoms with Gasteiger partial charge in [-0.2, -0.15) is 0 Å². The van der Waals surface area contributed by atoms with Gasteiger partial charge in [-0.3, -0.25) is 4.79 Å². The van der Waals surface area contributed by atoms with E-state index in [1.807, 2.05) is 18.2 Å². The fourth-order valence-corrected chi connectivity index (χ4v) is 3.66. The average molecular weight is 328 g/mol. The summed E-state index contributed by atoms with van der Waals surface area (Å²) < 4.78 is 1.09. The van der Waals surface area contributed by atoms with Crippen LogP contribution in [0, 0.1) is 5.92 Å². The number of carbonyl (C=O) groups is 1. The molecule has 1 fully saturated rings. The van der Waals surface area contributed by atoms with Gasteiger partial charge in [0.15, 0.2) is 0 Å². The topological polar surface area (TPSA) is 29.1 Å². The lowest BCUT2D eigenvalue weighted by Crippen LogP contribution is -2.40. The number of hydrogen-bond acceptors (Lipinski definition) is 2. The fourth-order valence-electron chi connectivity index (χ4n) is 2.34. The van der Waals surface area contributed by atoms with Gasteiger partial charge in [0.25, 0.3) is 0 Å². The lowest BCUT2D eigenvalue weighted by Gasteiger charge is -2.29. The van der Waals surface area contributed by atoms with Gasteiger partial charge in [0.1, 0.15) is 0 Å². The Morgan fingerprint density at radius 1 is 1.44 bits per heavy atom. The van der Waals surface area contributed by atoms with Crippen molar-refractivity contribution in [3.8, 4) is 0 Å². The van der Waals surface area contributed by atoms with E-state index in [-0.39, 0.29) is 5.91 Å². The van der Waals surface area contributed by atoms with E-state index in [0.29, 0.717) is 12.0 Å². The Labute approximate surface area is 121 Å². The molecule has 1 amide bonds. The number of amides is 1. The van der Waals surface area contributed by atoms with Crippen LogP contribution in [0.15, 0.2) is 22.0 Å². The maximum Gasteiger partial charge on any atom is 0.244 e. The minimum Gasteiger partial charge on any atom is -0.350 e. The molecule has 0 saturated heterocycles. The van der Waals surface area contributed by atoms with Crippen LogP contribution < -0.4 is 5.32 Å². The molecule has 2 nitrogen and oxygen atoms in total. The van der Waals surface area contributed by atoms with Crippen LogP contribution in [0.25, 0.3) is 6.08 Å². The third kappa shape index (κ3) is 3.95. The highest BCUT2D eigenvalue weighted by molar-refractivity contribution is 9.11.